The molecule has 3 aromatic rings. The number of nitro benzene ring substituents is 1. The molecule has 2 heterocycles. The summed E-state index contributed by atoms with van der Waals surface area (Å²) in [4.78, 5) is 18.3. The van der Waals surface area contributed by atoms with Crippen LogP contribution >= 0.6 is 0 Å². The van der Waals surface area contributed by atoms with Crippen molar-refractivity contribution in [2.45, 2.75) is 13.0 Å². The molecule has 9 heteroatoms. The average molecular weight is 310 g/mol. The summed E-state index contributed by atoms with van der Waals surface area (Å²) < 4.78 is 7.12. The zero-order valence-electron chi connectivity index (χ0n) is 11.8. The van der Waals surface area contributed by atoms with Crippen molar-refractivity contribution < 1.29 is 9.34 Å². The van der Waals surface area contributed by atoms with E-state index in [1.165, 1.54) is 29.3 Å². The van der Waals surface area contributed by atoms with Gasteiger partial charge in [-0.15, -0.1) is 5.10 Å². The summed E-state index contributed by atoms with van der Waals surface area (Å²) in [6.45, 7) is 0.462. The molecule has 0 bridgehead atoms. The normalized spacial score (nSPS) is 10.4. The van der Waals surface area contributed by atoms with Gasteiger partial charge in [0, 0.05) is 24.1 Å². The lowest BCUT2D eigenvalue weighted by atomic mass is 10.2. The van der Waals surface area contributed by atoms with Crippen molar-refractivity contribution in [1.82, 2.24) is 19.7 Å². The number of non-ortho nitro benzene ring substituents is 1. The van der Waals surface area contributed by atoms with Gasteiger partial charge in [0.15, 0.2) is 11.7 Å². The van der Waals surface area contributed by atoms with E-state index in [0.29, 0.717) is 30.2 Å². The van der Waals surface area contributed by atoms with Gasteiger partial charge in [-0.25, -0.2) is 9.97 Å². The first-order chi connectivity index (χ1) is 11.2. The Bertz CT molecular complexity index is 892. The fourth-order valence-electron chi connectivity index (χ4n) is 2.00. The van der Waals surface area contributed by atoms with Crippen LogP contribution < -0.4 is 0 Å². The number of hydrogen-bond acceptors (Lipinski definition) is 7. The molecule has 0 saturated carbocycles. The smallest absolute Gasteiger partial charge is 0.270 e. The van der Waals surface area contributed by atoms with E-state index in [-0.39, 0.29) is 11.5 Å². The largest absolute Gasteiger partial charge is 0.441 e. The van der Waals surface area contributed by atoms with Gasteiger partial charge in [-0.2, -0.15) is 5.26 Å². The van der Waals surface area contributed by atoms with Crippen LogP contribution in [0.15, 0.2) is 41.2 Å². The number of benzene rings is 1. The Hall–Kier alpha value is -3.54. The molecule has 0 N–H and O–H groups in total. The van der Waals surface area contributed by atoms with Crippen molar-refractivity contribution in [1.29, 1.82) is 5.26 Å². The zero-order valence-corrected chi connectivity index (χ0v) is 11.8. The van der Waals surface area contributed by atoms with E-state index in [4.69, 9.17) is 9.68 Å². The minimum absolute atomic E-state index is 0.00732. The molecule has 0 radical (unpaired) electrons. The van der Waals surface area contributed by atoms with Crippen molar-refractivity contribution in [3.63, 3.8) is 0 Å². The first-order valence-corrected chi connectivity index (χ1v) is 6.65. The highest BCUT2D eigenvalue weighted by atomic mass is 16.6. The summed E-state index contributed by atoms with van der Waals surface area (Å²) in [5.41, 5.74) is 0.581. The second-order valence-corrected chi connectivity index (χ2v) is 4.62. The molecule has 0 aliphatic heterocycles. The molecular formula is C14H10N6O3. The van der Waals surface area contributed by atoms with Crippen LogP contribution in [0.2, 0.25) is 0 Å². The number of aryl methyl sites for hydroxylation is 2. The Labute approximate surface area is 130 Å². The van der Waals surface area contributed by atoms with Crippen LogP contribution in [-0.4, -0.2) is 24.7 Å². The monoisotopic (exact) mass is 310 g/mol. The SMILES string of the molecule is N#Cc1ncn(CCc2ncc(-c3cccc([N+](=O)[O-])c3)o2)n1. The molecule has 9 nitrogen and oxygen atoms in total. The predicted molar refractivity (Wildman–Crippen MR) is 77.0 cm³/mol. The fraction of sp³-hybridized carbons (Fsp3) is 0.143. The fourth-order valence-corrected chi connectivity index (χ4v) is 2.00. The van der Waals surface area contributed by atoms with Crippen molar-refractivity contribution in [2.75, 3.05) is 0 Å². The van der Waals surface area contributed by atoms with Crippen LogP contribution in [0.1, 0.15) is 11.7 Å². The van der Waals surface area contributed by atoms with E-state index in [9.17, 15) is 10.1 Å². The van der Waals surface area contributed by atoms with E-state index >= 15 is 0 Å². The molecule has 0 amide bonds. The van der Waals surface area contributed by atoms with Gasteiger partial charge in [0.05, 0.1) is 17.7 Å². The third-order valence-electron chi connectivity index (χ3n) is 3.09. The maximum Gasteiger partial charge on any atom is 0.270 e. The molecule has 2 aromatic heterocycles. The second kappa shape index (κ2) is 6.07. The number of nitrogens with zero attached hydrogens (tertiary/aromatic N) is 6. The van der Waals surface area contributed by atoms with Crippen molar-refractivity contribution in [3.8, 4) is 17.4 Å². The van der Waals surface area contributed by atoms with Gasteiger partial charge < -0.3 is 4.42 Å². The third-order valence-corrected chi connectivity index (χ3v) is 3.09. The van der Waals surface area contributed by atoms with E-state index < -0.39 is 4.92 Å². The maximum atomic E-state index is 10.8. The zero-order chi connectivity index (χ0) is 16.2. The van der Waals surface area contributed by atoms with Gasteiger partial charge in [0.1, 0.15) is 12.4 Å². The van der Waals surface area contributed by atoms with Gasteiger partial charge in [0.2, 0.25) is 0 Å². The van der Waals surface area contributed by atoms with Crippen LogP contribution in [0, 0.1) is 21.4 Å². The molecule has 0 spiro atoms. The van der Waals surface area contributed by atoms with Crippen LogP contribution in [0.3, 0.4) is 0 Å². The molecule has 0 fully saturated rings. The van der Waals surface area contributed by atoms with Gasteiger partial charge in [-0.1, -0.05) is 12.1 Å². The summed E-state index contributed by atoms with van der Waals surface area (Å²) in [6.07, 6.45) is 3.45. The Balaban J connectivity index is 1.71. The Morgan fingerprint density at radius 2 is 2.26 bits per heavy atom. The quantitative estimate of drug-likeness (QED) is 0.521. The highest BCUT2D eigenvalue weighted by Crippen LogP contribution is 2.24. The number of rotatable bonds is 5. The number of hydrogen-bond donors (Lipinski definition) is 0. The van der Waals surface area contributed by atoms with Gasteiger partial charge >= 0.3 is 0 Å². The van der Waals surface area contributed by atoms with E-state index in [2.05, 4.69) is 15.1 Å². The highest BCUT2D eigenvalue weighted by molar-refractivity contribution is 5.60. The lowest BCUT2D eigenvalue weighted by Crippen LogP contribution is -2.02. The van der Waals surface area contributed by atoms with Crippen molar-refractivity contribution >= 4 is 5.69 Å². The first kappa shape index (κ1) is 14.4. The average Bonchev–Trinajstić information content (AvgIpc) is 3.22. The summed E-state index contributed by atoms with van der Waals surface area (Å²) in [5, 5.41) is 23.4. The van der Waals surface area contributed by atoms with E-state index in [1.807, 2.05) is 6.07 Å². The topological polar surface area (TPSA) is 124 Å². The van der Waals surface area contributed by atoms with Gasteiger partial charge in [-0.3, -0.25) is 14.8 Å². The first-order valence-electron chi connectivity index (χ1n) is 6.65. The molecular weight excluding hydrogens is 300 g/mol. The Kier molecular flexibility index (Phi) is 3.80. The molecule has 0 aliphatic rings. The summed E-state index contributed by atoms with van der Waals surface area (Å²) >= 11 is 0. The minimum Gasteiger partial charge on any atom is -0.441 e. The lowest BCUT2D eigenvalue weighted by Gasteiger charge is -1.98. The molecule has 0 saturated heterocycles. The van der Waals surface area contributed by atoms with E-state index in [0.717, 1.165) is 0 Å². The number of nitro groups is 1. The molecule has 0 aliphatic carbocycles. The van der Waals surface area contributed by atoms with Crippen LogP contribution in [0.5, 0.6) is 0 Å². The summed E-state index contributed by atoms with van der Waals surface area (Å²) in [7, 11) is 0. The minimum atomic E-state index is -0.460. The highest BCUT2D eigenvalue weighted by Gasteiger charge is 2.11. The molecule has 1 aromatic carbocycles. The van der Waals surface area contributed by atoms with Crippen LogP contribution in [0.4, 0.5) is 5.69 Å². The summed E-state index contributed by atoms with van der Waals surface area (Å²) in [5.74, 6) is 1.04. The van der Waals surface area contributed by atoms with Crippen molar-refractivity contribution in [3.05, 3.63) is 58.6 Å². The van der Waals surface area contributed by atoms with Crippen molar-refractivity contribution in [2.24, 2.45) is 0 Å². The maximum absolute atomic E-state index is 10.8. The Morgan fingerprint density at radius 1 is 1.39 bits per heavy atom. The number of nitriles is 1. The van der Waals surface area contributed by atoms with Gasteiger partial charge in [0.25, 0.3) is 11.5 Å². The Morgan fingerprint density at radius 3 is 3.00 bits per heavy atom. The predicted octanol–water partition coefficient (Wildman–Crippen LogP) is 1.96. The lowest BCUT2D eigenvalue weighted by molar-refractivity contribution is -0.384. The molecule has 0 atom stereocenters. The van der Waals surface area contributed by atoms with Gasteiger partial charge in [-0.05, 0) is 0 Å². The van der Waals surface area contributed by atoms with E-state index in [1.54, 1.807) is 12.1 Å². The number of aromatic nitrogens is 4. The molecule has 114 valence electrons. The van der Waals surface area contributed by atoms with Crippen LogP contribution in [0.25, 0.3) is 11.3 Å². The number of oxazole rings is 1. The summed E-state index contributed by atoms with van der Waals surface area (Å²) in [6, 6.07) is 8.00. The standard InChI is InChI=1S/C14H10N6O3/c15-7-13-17-9-19(18-13)5-4-14-16-8-12(23-14)10-2-1-3-11(6-10)20(21)22/h1-3,6,8-9H,4-5H2. The molecule has 3 rings (SSSR count). The molecule has 0 unspecified atom stereocenters. The second-order valence-electron chi connectivity index (χ2n) is 4.62. The molecule has 23 heavy (non-hydrogen) atoms. The third kappa shape index (κ3) is 3.21. The van der Waals surface area contributed by atoms with Crippen LogP contribution in [-0.2, 0) is 13.0 Å².